The van der Waals surface area contributed by atoms with Gasteiger partial charge in [0, 0.05) is 24.7 Å². The molecule has 1 heterocycles. The topological polar surface area (TPSA) is 29.9 Å². The lowest BCUT2D eigenvalue weighted by Gasteiger charge is -2.08. The number of hydrogen-bond donors (Lipinski definition) is 1. The fourth-order valence-electron chi connectivity index (χ4n) is 1.97. The van der Waals surface area contributed by atoms with Gasteiger partial charge in [-0.1, -0.05) is 23.7 Å². The van der Waals surface area contributed by atoms with E-state index in [0.717, 1.165) is 34.8 Å². The third-order valence-corrected chi connectivity index (χ3v) is 4.27. The summed E-state index contributed by atoms with van der Waals surface area (Å²) in [5.74, 6) is 0. The Morgan fingerprint density at radius 2 is 1.95 bits per heavy atom. The average molecular weight is 343 g/mol. The van der Waals surface area contributed by atoms with E-state index in [1.54, 1.807) is 0 Å². The Balaban J connectivity index is 1.97. The van der Waals surface area contributed by atoms with Gasteiger partial charge < -0.3 is 5.32 Å². The monoisotopic (exact) mass is 341 g/mol. The zero-order chi connectivity index (χ0) is 13.8. The largest absolute Gasteiger partial charge is 0.307 e. The Labute approximate surface area is 127 Å². The predicted molar refractivity (Wildman–Crippen MR) is 82.3 cm³/mol. The Kier molecular flexibility index (Phi) is 5.02. The molecule has 0 aliphatic heterocycles. The van der Waals surface area contributed by atoms with E-state index in [4.69, 9.17) is 11.6 Å². The van der Waals surface area contributed by atoms with Gasteiger partial charge in [-0.15, -0.1) is 0 Å². The molecule has 0 saturated heterocycles. The van der Waals surface area contributed by atoms with Gasteiger partial charge >= 0.3 is 0 Å². The van der Waals surface area contributed by atoms with E-state index in [9.17, 15) is 0 Å². The van der Waals surface area contributed by atoms with Gasteiger partial charge in [0.25, 0.3) is 0 Å². The van der Waals surface area contributed by atoms with Crippen LogP contribution < -0.4 is 5.32 Å². The Hall–Kier alpha value is -0.840. The molecular weight excluding hydrogens is 326 g/mol. The van der Waals surface area contributed by atoms with Crippen LogP contribution in [0, 0.1) is 6.92 Å². The van der Waals surface area contributed by atoms with E-state index in [0.29, 0.717) is 0 Å². The van der Waals surface area contributed by atoms with Crippen LogP contribution in [0.4, 0.5) is 0 Å². The fraction of sp³-hybridized carbons (Fsp3) is 0.357. The summed E-state index contributed by atoms with van der Waals surface area (Å²) in [7, 11) is 0. The van der Waals surface area contributed by atoms with Crippen LogP contribution in [0.3, 0.4) is 0 Å². The molecule has 19 heavy (non-hydrogen) atoms. The predicted octanol–water partition coefficient (Wildman–Crippen LogP) is 3.92. The molecule has 1 N–H and O–H groups in total. The second-order valence-electron chi connectivity index (χ2n) is 4.39. The quantitative estimate of drug-likeness (QED) is 0.892. The van der Waals surface area contributed by atoms with Crippen molar-refractivity contribution in [3.05, 3.63) is 50.7 Å². The van der Waals surface area contributed by atoms with E-state index in [1.807, 2.05) is 35.9 Å². The Bertz CT molecular complexity index is 549. The molecule has 0 unspecified atom stereocenters. The minimum absolute atomic E-state index is 0.770. The number of rotatable bonds is 5. The molecule has 0 saturated carbocycles. The molecule has 1 aromatic heterocycles. The van der Waals surface area contributed by atoms with Crippen LogP contribution in [-0.2, 0) is 19.6 Å². The number of benzene rings is 1. The third kappa shape index (κ3) is 3.59. The maximum atomic E-state index is 5.87. The Morgan fingerprint density at radius 3 is 2.58 bits per heavy atom. The van der Waals surface area contributed by atoms with Crippen molar-refractivity contribution in [3.63, 3.8) is 0 Å². The van der Waals surface area contributed by atoms with Crippen molar-refractivity contribution in [2.24, 2.45) is 0 Å². The molecule has 102 valence electrons. The van der Waals surface area contributed by atoms with Gasteiger partial charge in [-0.05, 0) is 47.5 Å². The zero-order valence-electron chi connectivity index (χ0n) is 11.1. The summed E-state index contributed by atoms with van der Waals surface area (Å²) in [5.41, 5.74) is 3.44. The standard InChI is InChI=1S/C14H17BrClN3/c1-3-19-13(14(15)10(2)18-19)9-17-8-11-4-6-12(16)7-5-11/h4-7,17H,3,8-9H2,1-2H3. The number of halogens is 2. The second kappa shape index (κ2) is 6.55. The summed E-state index contributed by atoms with van der Waals surface area (Å²) in [6.45, 7) is 6.60. The van der Waals surface area contributed by atoms with Gasteiger partial charge in [-0.3, -0.25) is 4.68 Å². The highest BCUT2D eigenvalue weighted by Gasteiger charge is 2.11. The number of nitrogens with one attached hydrogen (secondary N) is 1. The molecule has 0 radical (unpaired) electrons. The number of nitrogens with zero attached hydrogens (tertiary/aromatic N) is 2. The first kappa shape index (κ1) is 14.6. The molecular formula is C14H17BrClN3. The second-order valence-corrected chi connectivity index (χ2v) is 5.62. The summed E-state index contributed by atoms with van der Waals surface area (Å²) < 4.78 is 3.12. The van der Waals surface area contributed by atoms with Crippen molar-refractivity contribution in [1.82, 2.24) is 15.1 Å². The van der Waals surface area contributed by atoms with Crippen molar-refractivity contribution in [3.8, 4) is 0 Å². The van der Waals surface area contributed by atoms with Crippen LogP contribution in [0.5, 0.6) is 0 Å². The van der Waals surface area contributed by atoms with Crippen LogP contribution in [-0.4, -0.2) is 9.78 Å². The van der Waals surface area contributed by atoms with Crippen molar-refractivity contribution in [2.45, 2.75) is 33.5 Å². The van der Waals surface area contributed by atoms with Crippen LogP contribution >= 0.6 is 27.5 Å². The fourth-order valence-corrected chi connectivity index (χ4v) is 2.52. The van der Waals surface area contributed by atoms with Crippen molar-refractivity contribution < 1.29 is 0 Å². The smallest absolute Gasteiger partial charge is 0.0739 e. The first-order valence-corrected chi connectivity index (χ1v) is 7.46. The van der Waals surface area contributed by atoms with E-state index in [-0.39, 0.29) is 0 Å². The molecule has 0 fully saturated rings. The molecule has 0 bridgehead atoms. The summed E-state index contributed by atoms with van der Waals surface area (Å²) in [6, 6.07) is 7.89. The lowest BCUT2D eigenvalue weighted by molar-refractivity contribution is 0.578. The molecule has 2 rings (SSSR count). The summed E-state index contributed by atoms with van der Waals surface area (Å²) in [6.07, 6.45) is 0. The molecule has 0 spiro atoms. The highest BCUT2D eigenvalue weighted by molar-refractivity contribution is 9.10. The molecule has 1 aromatic carbocycles. The molecule has 0 aliphatic rings. The lowest BCUT2D eigenvalue weighted by Crippen LogP contribution is -2.16. The van der Waals surface area contributed by atoms with E-state index < -0.39 is 0 Å². The summed E-state index contributed by atoms with van der Waals surface area (Å²) >= 11 is 9.46. The minimum atomic E-state index is 0.770. The molecule has 3 nitrogen and oxygen atoms in total. The zero-order valence-corrected chi connectivity index (χ0v) is 13.4. The maximum Gasteiger partial charge on any atom is 0.0739 e. The van der Waals surface area contributed by atoms with Gasteiger partial charge in [0.05, 0.1) is 15.9 Å². The number of aromatic nitrogens is 2. The average Bonchev–Trinajstić information content (AvgIpc) is 2.68. The van der Waals surface area contributed by atoms with Gasteiger partial charge in [0.1, 0.15) is 0 Å². The highest BCUT2D eigenvalue weighted by atomic mass is 79.9. The van der Waals surface area contributed by atoms with Crippen molar-refractivity contribution in [2.75, 3.05) is 0 Å². The minimum Gasteiger partial charge on any atom is -0.307 e. The van der Waals surface area contributed by atoms with Crippen LogP contribution in [0.15, 0.2) is 28.7 Å². The van der Waals surface area contributed by atoms with Crippen LogP contribution in [0.25, 0.3) is 0 Å². The molecule has 0 amide bonds. The summed E-state index contributed by atoms with van der Waals surface area (Å²) in [5, 5.41) is 8.68. The molecule has 0 atom stereocenters. The van der Waals surface area contributed by atoms with Gasteiger partial charge in [-0.2, -0.15) is 5.10 Å². The van der Waals surface area contributed by atoms with E-state index >= 15 is 0 Å². The number of hydrogen-bond acceptors (Lipinski definition) is 2. The molecule has 5 heteroatoms. The third-order valence-electron chi connectivity index (χ3n) is 2.99. The first-order chi connectivity index (χ1) is 9.11. The molecule has 0 aliphatic carbocycles. The SMILES string of the molecule is CCn1nc(C)c(Br)c1CNCc1ccc(Cl)cc1. The van der Waals surface area contributed by atoms with E-state index in [2.05, 4.69) is 33.3 Å². The van der Waals surface area contributed by atoms with Crippen LogP contribution in [0.2, 0.25) is 5.02 Å². The van der Waals surface area contributed by atoms with Crippen molar-refractivity contribution >= 4 is 27.5 Å². The van der Waals surface area contributed by atoms with Gasteiger partial charge in [0.15, 0.2) is 0 Å². The van der Waals surface area contributed by atoms with E-state index in [1.165, 1.54) is 11.3 Å². The highest BCUT2D eigenvalue weighted by Crippen LogP contribution is 2.20. The lowest BCUT2D eigenvalue weighted by atomic mass is 10.2. The first-order valence-electron chi connectivity index (χ1n) is 6.28. The number of aryl methyl sites for hydroxylation is 2. The summed E-state index contributed by atoms with van der Waals surface area (Å²) in [4.78, 5) is 0. The van der Waals surface area contributed by atoms with Crippen LogP contribution in [0.1, 0.15) is 23.9 Å². The van der Waals surface area contributed by atoms with Crippen molar-refractivity contribution in [1.29, 1.82) is 0 Å². The normalized spacial score (nSPS) is 10.9. The Morgan fingerprint density at radius 1 is 1.26 bits per heavy atom. The molecule has 2 aromatic rings. The van der Waals surface area contributed by atoms with Gasteiger partial charge in [-0.25, -0.2) is 0 Å². The maximum absolute atomic E-state index is 5.87. The van der Waals surface area contributed by atoms with Gasteiger partial charge in [0.2, 0.25) is 0 Å².